The van der Waals surface area contributed by atoms with Crippen LogP contribution in [0.15, 0.2) is 22.1 Å². The lowest BCUT2D eigenvalue weighted by Gasteiger charge is -2.12. The second kappa shape index (κ2) is 3.98. The summed E-state index contributed by atoms with van der Waals surface area (Å²) in [5.41, 5.74) is 6.97. The Bertz CT molecular complexity index is 475. The maximum absolute atomic E-state index is 5.94. The molecule has 0 bridgehead atoms. The van der Waals surface area contributed by atoms with Crippen molar-refractivity contribution in [3.05, 3.63) is 32.6 Å². The van der Waals surface area contributed by atoms with Crippen LogP contribution in [-0.2, 0) is 0 Å². The monoisotopic (exact) mass is 285 g/mol. The van der Waals surface area contributed by atoms with Gasteiger partial charge in [-0.05, 0) is 41.9 Å². The van der Waals surface area contributed by atoms with E-state index in [0.29, 0.717) is 0 Å². The molecular formula is C10H12BrN3S. The molecule has 0 aliphatic heterocycles. The number of hydrogen-bond acceptors (Lipinski definition) is 3. The third kappa shape index (κ3) is 1.94. The highest BCUT2D eigenvalue weighted by Gasteiger charge is 2.14. The van der Waals surface area contributed by atoms with E-state index in [1.165, 1.54) is 4.88 Å². The van der Waals surface area contributed by atoms with Crippen LogP contribution in [0.1, 0.15) is 23.4 Å². The standard InChI is InChI=1S/C10H12BrN3S/c1-6-5-13-14(10(6)12)7(2)8-3-4-9(11)15-8/h3-5,7H,12H2,1-2H3. The van der Waals surface area contributed by atoms with Crippen molar-refractivity contribution in [3.8, 4) is 0 Å². The number of nitrogens with zero attached hydrogens (tertiary/aromatic N) is 2. The number of aryl methyl sites for hydroxylation is 1. The van der Waals surface area contributed by atoms with Crippen LogP contribution in [0.3, 0.4) is 0 Å². The third-order valence-corrected chi connectivity index (χ3v) is 4.19. The van der Waals surface area contributed by atoms with Crippen LogP contribution in [0.5, 0.6) is 0 Å². The minimum absolute atomic E-state index is 0.190. The fourth-order valence-electron chi connectivity index (χ4n) is 1.44. The fraction of sp³-hybridized carbons (Fsp3) is 0.300. The zero-order valence-corrected chi connectivity index (χ0v) is 11.0. The van der Waals surface area contributed by atoms with Crippen LogP contribution in [0, 0.1) is 6.92 Å². The summed E-state index contributed by atoms with van der Waals surface area (Å²) in [6.45, 7) is 4.07. The first-order chi connectivity index (χ1) is 7.09. The summed E-state index contributed by atoms with van der Waals surface area (Å²) in [5.74, 6) is 0.743. The normalized spacial score (nSPS) is 13.0. The van der Waals surface area contributed by atoms with Crippen LogP contribution in [-0.4, -0.2) is 9.78 Å². The molecule has 0 amide bonds. The molecule has 2 N–H and O–H groups in total. The third-order valence-electron chi connectivity index (χ3n) is 2.40. The Morgan fingerprint density at radius 1 is 1.53 bits per heavy atom. The highest BCUT2D eigenvalue weighted by atomic mass is 79.9. The summed E-state index contributed by atoms with van der Waals surface area (Å²) in [6.07, 6.45) is 1.80. The van der Waals surface area contributed by atoms with Crippen LogP contribution in [0.4, 0.5) is 5.82 Å². The van der Waals surface area contributed by atoms with E-state index >= 15 is 0 Å². The molecule has 2 rings (SSSR count). The zero-order chi connectivity index (χ0) is 11.0. The van der Waals surface area contributed by atoms with Gasteiger partial charge < -0.3 is 5.73 Å². The molecule has 0 saturated carbocycles. The van der Waals surface area contributed by atoms with Gasteiger partial charge >= 0.3 is 0 Å². The SMILES string of the molecule is Cc1cnn(C(C)c2ccc(Br)s2)c1N. The number of hydrogen-bond donors (Lipinski definition) is 1. The van der Waals surface area contributed by atoms with Crippen molar-refractivity contribution in [3.63, 3.8) is 0 Å². The number of nitrogens with two attached hydrogens (primary N) is 1. The highest BCUT2D eigenvalue weighted by Crippen LogP contribution is 2.30. The number of nitrogen functional groups attached to an aromatic ring is 1. The molecule has 0 saturated heterocycles. The Hall–Kier alpha value is -0.810. The second-order valence-corrected chi connectivity index (χ2v) is 5.97. The predicted octanol–water partition coefficient (Wildman–Crippen LogP) is 3.21. The van der Waals surface area contributed by atoms with Gasteiger partial charge in [0.1, 0.15) is 5.82 Å². The number of rotatable bonds is 2. The molecule has 2 aromatic heterocycles. The van der Waals surface area contributed by atoms with Crippen molar-refractivity contribution in [2.75, 3.05) is 5.73 Å². The molecule has 0 aliphatic carbocycles. The lowest BCUT2D eigenvalue weighted by Crippen LogP contribution is -2.10. The topological polar surface area (TPSA) is 43.8 Å². The molecule has 80 valence electrons. The molecule has 0 aromatic carbocycles. The van der Waals surface area contributed by atoms with Crippen molar-refractivity contribution >= 4 is 33.1 Å². The van der Waals surface area contributed by atoms with E-state index in [1.807, 2.05) is 17.7 Å². The summed E-state index contributed by atoms with van der Waals surface area (Å²) >= 11 is 5.16. The lowest BCUT2D eigenvalue weighted by atomic mass is 10.3. The van der Waals surface area contributed by atoms with Crippen molar-refractivity contribution in [2.24, 2.45) is 0 Å². The average Bonchev–Trinajstić information content (AvgIpc) is 2.75. The molecule has 2 aromatic rings. The molecule has 15 heavy (non-hydrogen) atoms. The predicted molar refractivity (Wildman–Crippen MR) is 67.2 cm³/mol. The highest BCUT2D eigenvalue weighted by molar-refractivity contribution is 9.11. The van der Waals surface area contributed by atoms with Gasteiger partial charge in [0, 0.05) is 10.4 Å². The molecule has 1 unspecified atom stereocenters. The van der Waals surface area contributed by atoms with Gasteiger partial charge in [0.25, 0.3) is 0 Å². The molecule has 0 aliphatic rings. The van der Waals surface area contributed by atoms with E-state index in [0.717, 1.165) is 15.2 Å². The molecule has 1 atom stereocenters. The van der Waals surface area contributed by atoms with Crippen LogP contribution < -0.4 is 5.73 Å². The second-order valence-electron chi connectivity index (χ2n) is 3.48. The quantitative estimate of drug-likeness (QED) is 0.921. The van der Waals surface area contributed by atoms with Crippen molar-refractivity contribution in [1.82, 2.24) is 9.78 Å². The zero-order valence-electron chi connectivity index (χ0n) is 8.57. The first-order valence-corrected chi connectivity index (χ1v) is 6.25. The maximum atomic E-state index is 5.94. The summed E-state index contributed by atoms with van der Waals surface area (Å²) in [6, 6.07) is 4.33. The van der Waals surface area contributed by atoms with Crippen LogP contribution >= 0.6 is 27.3 Å². The molecule has 0 fully saturated rings. The lowest BCUT2D eigenvalue weighted by molar-refractivity contribution is 0.581. The number of thiophene rings is 1. The van der Waals surface area contributed by atoms with Gasteiger partial charge in [-0.25, -0.2) is 4.68 Å². The van der Waals surface area contributed by atoms with E-state index < -0.39 is 0 Å². The number of halogens is 1. The largest absolute Gasteiger partial charge is 0.384 e. The molecule has 0 spiro atoms. The summed E-state index contributed by atoms with van der Waals surface area (Å²) in [7, 11) is 0. The van der Waals surface area contributed by atoms with Gasteiger partial charge in [0.2, 0.25) is 0 Å². The number of aromatic nitrogens is 2. The summed E-state index contributed by atoms with van der Waals surface area (Å²) in [5, 5.41) is 4.28. The Morgan fingerprint density at radius 3 is 2.73 bits per heavy atom. The van der Waals surface area contributed by atoms with Crippen LogP contribution in [0.25, 0.3) is 0 Å². The smallest absolute Gasteiger partial charge is 0.125 e. The van der Waals surface area contributed by atoms with Crippen LogP contribution in [0.2, 0.25) is 0 Å². The Morgan fingerprint density at radius 2 is 2.27 bits per heavy atom. The van der Waals surface area contributed by atoms with Crippen molar-refractivity contribution in [2.45, 2.75) is 19.9 Å². The molecule has 5 heteroatoms. The minimum Gasteiger partial charge on any atom is -0.384 e. The first kappa shape index (κ1) is 10.7. The van der Waals surface area contributed by atoms with Crippen molar-refractivity contribution in [1.29, 1.82) is 0 Å². The Balaban J connectivity index is 2.36. The van der Waals surface area contributed by atoms with E-state index in [9.17, 15) is 0 Å². The molecule has 3 nitrogen and oxygen atoms in total. The van der Waals surface area contributed by atoms with E-state index in [2.05, 4.69) is 34.0 Å². The maximum Gasteiger partial charge on any atom is 0.125 e. The fourth-order valence-corrected chi connectivity index (χ4v) is 2.90. The average molecular weight is 286 g/mol. The first-order valence-electron chi connectivity index (χ1n) is 4.64. The molecular weight excluding hydrogens is 274 g/mol. The molecule has 0 radical (unpaired) electrons. The minimum atomic E-state index is 0.190. The number of anilines is 1. The Kier molecular flexibility index (Phi) is 2.84. The van der Waals surface area contributed by atoms with Gasteiger partial charge in [-0.15, -0.1) is 11.3 Å². The summed E-state index contributed by atoms with van der Waals surface area (Å²) < 4.78 is 2.99. The van der Waals surface area contributed by atoms with Crippen molar-refractivity contribution < 1.29 is 0 Å². The van der Waals surface area contributed by atoms with Gasteiger partial charge in [0.15, 0.2) is 0 Å². The summed E-state index contributed by atoms with van der Waals surface area (Å²) in [4.78, 5) is 1.25. The van der Waals surface area contributed by atoms with Gasteiger partial charge in [0.05, 0.1) is 16.0 Å². The van der Waals surface area contributed by atoms with Gasteiger partial charge in [-0.2, -0.15) is 5.10 Å². The van der Waals surface area contributed by atoms with E-state index in [1.54, 1.807) is 17.5 Å². The van der Waals surface area contributed by atoms with E-state index in [-0.39, 0.29) is 6.04 Å². The van der Waals surface area contributed by atoms with Gasteiger partial charge in [-0.3, -0.25) is 0 Å². The van der Waals surface area contributed by atoms with Gasteiger partial charge in [-0.1, -0.05) is 0 Å². The van der Waals surface area contributed by atoms with E-state index in [4.69, 9.17) is 5.73 Å². The Labute approximate surface area is 101 Å². The molecule has 2 heterocycles.